The monoisotopic (exact) mass is 395 g/mol. The Hall–Kier alpha value is -1.38. The van der Waals surface area contributed by atoms with E-state index in [0.717, 1.165) is 29.7 Å². The normalized spacial score (nSPS) is 49.2. The van der Waals surface area contributed by atoms with Crippen LogP contribution in [-0.2, 0) is 4.79 Å². The van der Waals surface area contributed by atoms with Gasteiger partial charge in [-0.15, -0.1) is 0 Å². The molecule has 0 bridgehead atoms. The third-order valence-electron chi connectivity index (χ3n) is 10.7. The van der Waals surface area contributed by atoms with E-state index in [0.29, 0.717) is 23.0 Å². The third kappa shape index (κ3) is 2.61. The molecule has 4 aliphatic carbocycles. The van der Waals surface area contributed by atoms with Gasteiger partial charge >= 0.3 is 0 Å². The lowest BCUT2D eigenvalue weighted by Gasteiger charge is -2.63. The number of Topliss-reactive ketones (excluding diaryl/α,β-unsaturated/α-hetero) is 1. The zero-order valence-corrected chi connectivity index (χ0v) is 18.5. The molecule has 4 unspecified atom stereocenters. The summed E-state index contributed by atoms with van der Waals surface area (Å²) in [6.07, 6.45) is 10.6. The summed E-state index contributed by atoms with van der Waals surface area (Å²) < 4.78 is 0. The van der Waals surface area contributed by atoms with Crippen LogP contribution in [0, 0.1) is 46.3 Å². The molecule has 0 radical (unpaired) electrons. The molecule has 1 N–H and O–H groups in total. The number of aromatic nitrogens is 1. The summed E-state index contributed by atoms with van der Waals surface area (Å²) >= 11 is 0. The third-order valence-corrected chi connectivity index (χ3v) is 10.7. The number of pyridine rings is 1. The number of hydrogen-bond acceptors (Lipinski definition) is 3. The second-order valence-corrected chi connectivity index (χ2v) is 11.4. The molecule has 9 atom stereocenters. The van der Waals surface area contributed by atoms with E-state index in [1.165, 1.54) is 38.5 Å². The van der Waals surface area contributed by atoms with Crippen LogP contribution in [0.1, 0.15) is 84.1 Å². The lowest BCUT2D eigenvalue weighted by Crippen LogP contribution is -2.57. The van der Waals surface area contributed by atoms with Crippen molar-refractivity contribution < 1.29 is 9.90 Å². The Kier molecular flexibility index (Phi) is 4.43. The molecule has 3 nitrogen and oxygen atoms in total. The first kappa shape index (κ1) is 19.6. The average Bonchev–Trinajstić information content (AvgIpc) is 3.00. The summed E-state index contributed by atoms with van der Waals surface area (Å²) in [4.78, 5) is 17.2. The number of carbonyl (C=O) groups is 1. The van der Waals surface area contributed by atoms with Gasteiger partial charge in [-0.25, -0.2) is 4.98 Å². The molecule has 158 valence electrons. The molecule has 0 aliphatic heterocycles. The molecule has 0 aromatic carbocycles. The van der Waals surface area contributed by atoms with E-state index in [1.54, 1.807) is 6.07 Å². The van der Waals surface area contributed by atoms with Crippen LogP contribution in [0.2, 0.25) is 0 Å². The van der Waals surface area contributed by atoms with Gasteiger partial charge in [0.15, 0.2) is 0 Å². The van der Waals surface area contributed by atoms with E-state index in [4.69, 9.17) is 0 Å². The molecule has 4 saturated carbocycles. The first-order valence-corrected chi connectivity index (χ1v) is 11.9. The van der Waals surface area contributed by atoms with Crippen molar-refractivity contribution >= 4 is 5.78 Å². The van der Waals surface area contributed by atoms with Crippen LogP contribution in [0.25, 0.3) is 0 Å². The van der Waals surface area contributed by atoms with Gasteiger partial charge in [0.1, 0.15) is 5.78 Å². The minimum absolute atomic E-state index is 0.0390. The fourth-order valence-corrected chi connectivity index (χ4v) is 8.92. The molecule has 0 spiro atoms. The van der Waals surface area contributed by atoms with E-state index in [1.807, 2.05) is 12.3 Å². The maximum absolute atomic E-state index is 13.0. The Balaban J connectivity index is 1.58. The molecule has 3 heteroatoms. The second kappa shape index (κ2) is 6.56. The van der Waals surface area contributed by atoms with Crippen LogP contribution >= 0.6 is 0 Å². The van der Waals surface area contributed by atoms with Gasteiger partial charge < -0.3 is 5.11 Å². The van der Waals surface area contributed by atoms with Crippen LogP contribution in [0.15, 0.2) is 18.3 Å². The van der Waals surface area contributed by atoms with Gasteiger partial charge in [0, 0.05) is 30.5 Å². The highest BCUT2D eigenvalue weighted by molar-refractivity contribution is 5.83. The van der Waals surface area contributed by atoms with Gasteiger partial charge in [-0.3, -0.25) is 4.79 Å². The Morgan fingerprint density at radius 3 is 2.55 bits per heavy atom. The molecule has 0 saturated heterocycles. The minimum atomic E-state index is 0.0390. The van der Waals surface area contributed by atoms with Gasteiger partial charge in [-0.1, -0.05) is 33.8 Å². The summed E-state index contributed by atoms with van der Waals surface area (Å²) in [6, 6.07) is 3.73. The molecule has 1 aromatic rings. The molecular formula is C26H37NO2. The number of fused-ring (bicyclic) bond motifs is 5. The SMILES string of the molecule is CC1C(=O)CC2CC[C@@H]3[C@@H](CC[C@]4(C)C(C)CC[C@@H]34)[C@@]2(C)C1c1ccc(O)nc1. The predicted molar refractivity (Wildman–Crippen MR) is 114 cm³/mol. The molecule has 4 aliphatic rings. The van der Waals surface area contributed by atoms with Crippen LogP contribution in [-0.4, -0.2) is 15.9 Å². The van der Waals surface area contributed by atoms with Crippen LogP contribution in [0.5, 0.6) is 5.88 Å². The van der Waals surface area contributed by atoms with Crippen molar-refractivity contribution in [3.05, 3.63) is 23.9 Å². The minimum Gasteiger partial charge on any atom is -0.493 e. The predicted octanol–water partition coefficient (Wildman–Crippen LogP) is 5.97. The fourth-order valence-electron chi connectivity index (χ4n) is 8.92. The Bertz CT molecular complexity index is 803. The molecule has 1 heterocycles. The maximum atomic E-state index is 13.0. The fraction of sp³-hybridized carbons (Fsp3) is 0.769. The van der Waals surface area contributed by atoms with Gasteiger partial charge in [-0.2, -0.15) is 0 Å². The number of rotatable bonds is 1. The number of aromatic hydroxyl groups is 1. The highest BCUT2D eigenvalue weighted by atomic mass is 16.3. The van der Waals surface area contributed by atoms with Crippen molar-refractivity contribution in [1.29, 1.82) is 0 Å². The number of ketones is 1. The van der Waals surface area contributed by atoms with Crippen molar-refractivity contribution in [3.8, 4) is 5.88 Å². The van der Waals surface area contributed by atoms with Crippen LogP contribution < -0.4 is 0 Å². The zero-order chi connectivity index (χ0) is 20.6. The summed E-state index contributed by atoms with van der Waals surface area (Å²) in [6.45, 7) is 9.74. The molecule has 1 aromatic heterocycles. The molecule has 0 amide bonds. The number of nitrogens with zero attached hydrogens (tertiary/aromatic N) is 1. The van der Waals surface area contributed by atoms with Gasteiger partial charge in [0.2, 0.25) is 5.88 Å². The van der Waals surface area contributed by atoms with Gasteiger partial charge in [-0.05, 0) is 84.5 Å². The second-order valence-electron chi connectivity index (χ2n) is 11.4. The van der Waals surface area contributed by atoms with Crippen molar-refractivity contribution in [2.75, 3.05) is 0 Å². The highest BCUT2D eigenvalue weighted by Crippen LogP contribution is 2.70. The van der Waals surface area contributed by atoms with Crippen molar-refractivity contribution in [3.63, 3.8) is 0 Å². The topological polar surface area (TPSA) is 50.2 Å². The lowest BCUT2D eigenvalue weighted by atomic mass is 9.41. The van der Waals surface area contributed by atoms with Gasteiger partial charge in [0.25, 0.3) is 0 Å². The molecule has 29 heavy (non-hydrogen) atoms. The quantitative estimate of drug-likeness (QED) is 0.637. The first-order valence-electron chi connectivity index (χ1n) is 11.9. The first-order chi connectivity index (χ1) is 13.8. The van der Waals surface area contributed by atoms with E-state index in [-0.39, 0.29) is 23.1 Å². The summed E-state index contributed by atoms with van der Waals surface area (Å²) in [5.74, 6) is 4.49. The van der Waals surface area contributed by atoms with E-state index < -0.39 is 0 Å². The maximum Gasteiger partial charge on any atom is 0.210 e. The Labute approximate surface area is 175 Å². The molecular weight excluding hydrogens is 358 g/mol. The van der Waals surface area contributed by atoms with Gasteiger partial charge in [0.05, 0.1) is 0 Å². The van der Waals surface area contributed by atoms with Crippen molar-refractivity contribution in [1.82, 2.24) is 4.98 Å². The summed E-state index contributed by atoms with van der Waals surface area (Å²) in [7, 11) is 0. The standard InChI is InChI=1S/C26H37NO2/c1-15-5-9-20-19-8-7-18-13-22(28)16(2)24(17-6-10-23(29)27-14-17)26(18,4)21(19)11-12-25(15,20)3/h6,10,14-16,18-21,24H,5,7-9,11-13H2,1-4H3,(H,27,29)/t15?,16?,18?,19-,20-,21+,24?,25+,26-/m0/s1. The van der Waals surface area contributed by atoms with E-state index in [9.17, 15) is 9.90 Å². The van der Waals surface area contributed by atoms with E-state index in [2.05, 4.69) is 32.7 Å². The zero-order valence-electron chi connectivity index (χ0n) is 18.5. The highest BCUT2D eigenvalue weighted by Gasteiger charge is 2.63. The Morgan fingerprint density at radius 1 is 1.03 bits per heavy atom. The molecule has 5 rings (SSSR count). The number of hydrogen-bond donors (Lipinski definition) is 1. The summed E-state index contributed by atoms with van der Waals surface area (Å²) in [5, 5.41) is 9.73. The van der Waals surface area contributed by atoms with Crippen LogP contribution in [0.4, 0.5) is 0 Å². The van der Waals surface area contributed by atoms with Crippen molar-refractivity contribution in [2.45, 2.75) is 78.6 Å². The average molecular weight is 396 g/mol. The van der Waals surface area contributed by atoms with Crippen LogP contribution in [0.3, 0.4) is 0 Å². The largest absolute Gasteiger partial charge is 0.493 e. The molecule has 4 fully saturated rings. The Morgan fingerprint density at radius 2 is 1.83 bits per heavy atom. The van der Waals surface area contributed by atoms with E-state index >= 15 is 0 Å². The smallest absolute Gasteiger partial charge is 0.210 e. The summed E-state index contributed by atoms with van der Waals surface area (Å²) in [5.41, 5.74) is 1.84. The lowest BCUT2D eigenvalue weighted by molar-refractivity contribution is -0.152. The van der Waals surface area contributed by atoms with Crippen molar-refractivity contribution in [2.24, 2.45) is 46.3 Å². The number of carbonyl (C=O) groups excluding carboxylic acids is 1.